The molecule has 0 aromatic heterocycles. The third kappa shape index (κ3) is 4.79. The van der Waals surface area contributed by atoms with Gasteiger partial charge in [-0.3, -0.25) is 0 Å². The second-order valence-electron chi connectivity index (χ2n) is 4.72. The molecule has 0 aliphatic carbocycles. The second kappa shape index (κ2) is 6.69. The summed E-state index contributed by atoms with van der Waals surface area (Å²) >= 11 is -4.24. The molecule has 2 rings (SSSR count). The van der Waals surface area contributed by atoms with Gasteiger partial charge in [-0.25, -0.2) is 0 Å². The Balaban J connectivity index is 2.44. The number of halogens is 10. The van der Waals surface area contributed by atoms with Crippen LogP contribution in [0.1, 0.15) is 11.1 Å². The first-order valence-corrected chi connectivity index (χ1v) is 9.65. The molecule has 0 nitrogen and oxygen atoms in total. The Morgan fingerprint density at radius 1 is 0.480 bits per heavy atom. The zero-order valence-corrected chi connectivity index (χ0v) is 14.1. The van der Waals surface area contributed by atoms with Gasteiger partial charge in [0.15, 0.2) is 0 Å². The average Bonchev–Trinajstić information content (AvgIpc) is 2.45. The van der Waals surface area contributed by atoms with Gasteiger partial charge in [0.1, 0.15) is 0 Å². The predicted molar refractivity (Wildman–Crippen MR) is 80.4 cm³/mol. The standard InChI is InChI=1S/C15H8F9I/c16-13(17,18)9-1-5-11(6-2-9)25(15(22,23)24)12-7-3-10(4-8-12)14(19,20)21/h1-8H. The molecule has 2 aromatic carbocycles. The van der Waals surface area contributed by atoms with Crippen molar-refractivity contribution in [2.24, 2.45) is 0 Å². The van der Waals surface area contributed by atoms with Crippen molar-refractivity contribution in [1.82, 2.24) is 0 Å². The van der Waals surface area contributed by atoms with E-state index in [-0.39, 0.29) is 7.14 Å². The molecule has 0 saturated heterocycles. The topological polar surface area (TPSA) is 0 Å². The third-order valence-corrected chi connectivity index (χ3v) is 8.15. The summed E-state index contributed by atoms with van der Waals surface area (Å²) in [7, 11) is 0. The predicted octanol–water partition coefficient (Wildman–Crippen LogP) is 6.79. The minimum atomic E-state index is -4.73. The van der Waals surface area contributed by atoms with Gasteiger partial charge < -0.3 is 0 Å². The first-order chi connectivity index (χ1) is 11.3. The van der Waals surface area contributed by atoms with Crippen LogP contribution in [0.4, 0.5) is 39.5 Å². The van der Waals surface area contributed by atoms with Crippen LogP contribution in [0.15, 0.2) is 48.5 Å². The Kier molecular flexibility index (Phi) is 5.31. The van der Waals surface area contributed by atoms with Crippen LogP contribution >= 0.6 is 19.8 Å². The van der Waals surface area contributed by atoms with Crippen LogP contribution in [-0.2, 0) is 12.4 Å². The van der Waals surface area contributed by atoms with Gasteiger partial charge in [-0.05, 0) is 0 Å². The summed E-state index contributed by atoms with van der Waals surface area (Å²) in [4.78, 5) is 0. The summed E-state index contributed by atoms with van der Waals surface area (Å²) in [6.07, 6.45) is -9.38. The van der Waals surface area contributed by atoms with E-state index in [4.69, 9.17) is 0 Å². The first-order valence-electron chi connectivity index (χ1n) is 6.41. The first kappa shape index (κ1) is 19.9. The molecule has 10 heteroatoms. The van der Waals surface area contributed by atoms with E-state index in [0.29, 0.717) is 24.3 Å². The summed E-state index contributed by atoms with van der Waals surface area (Å²) in [6, 6.07) is 5.09. The van der Waals surface area contributed by atoms with E-state index >= 15 is 0 Å². The Morgan fingerprint density at radius 3 is 0.960 bits per heavy atom. The maximum absolute atomic E-state index is 13.4. The van der Waals surface area contributed by atoms with E-state index in [2.05, 4.69) is 0 Å². The van der Waals surface area contributed by atoms with Crippen molar-refractivity contribution in [3.63, 3.8) is 0 Å². The molecule has 0 fully saturated rings. The van der Waals surface area contributed by atoms with Gasteiger partial charge in [0.2, 0.25) is 0 Å². The van der Waals surface area contributed by atoms with Crippen LogP contribution in [0.5, 0.6) is 0 Å². The molecular formula is C15H8F9I. The van der Waals surface area contributed by atoms with Gasteiger partial charge in [0, 0.05) is 0 Å². The van der Waals surface area contributed by atoms with Crippen molar-refractivity contribution in [2.75, 3.05) is 0 Å². The number of hydrogen-bond acceptors (Lipinski definition) is 0. The fourth-order valence-electron chi connectivity index (χ4n) is 1.90. The van der Waals surface area contributed by atoms with Crippen molar-refractivity contribution in [2.45, 2.75) is 16.5 Å². The third-order valence-electron chi connectivity index (χ3n) is 2.99. The fourth-order valence-corrected chi connectivity index (χ4v) is 6.19. The molecule has 0 N–H and O–H groups in total. The molecule has 0 spiro atoms. The van der Waals surface area contributed by atoms with Crippen molar-refractivity contribution < 1.29 is 39.5 Å². The molecule has 0 unspecified atom stereocenters. The van der Waals surface area contributed by atoms with Crippen LogP contribution in [0.25, 0.3) is 0 Å². The number of rotatable bonds is 2. The molecule has 0 amide bonds. The van der Waals surface area contributed by atoms with Gasteiger partial charge in [0.05, 0.1) is 0 Å². The molecule has 0 saturated carbocycles. The molecule has 0 bridgehead atoms. The van der Waals surface area contributed by atoms with Crippen molar-refractivity contribution >= 4 is 19.8 Å². The van der Waals surface area contributed by atoms with E-state index < -0.39 is 47.5 Å². The summed E-state index contributed by atoms with van der Waals surface area (Å²) < 4.78 is 110. The Labute approximate surface area is 143 Å². The minimum absolute atomic E-state index is 0.343. The Bertz CT molecular complexity index is 652. The van der Waals surface area contributed by atoms with Crippen molar-refractivity contribution in [3.05, 3.63) is 66.8 Å². The van der Waals surface area contributed by atoms with E-state index in [1.165, 1.54) is 0 Å². The Morgan fingerprint density at radius 2 is 0.760 bits per heavy atom. The Hall–Kier alpha value is -1.46. The fraction of sp³-hybridized carbons (Fsp3) is 0.200. The van der Waals surface area contributed by atoms with Gasteiger partial charge in [-0.2, -0.15) is 0 Å². The number of alkyl halides is 10. The molecule has 2 aromatic rings. The van der Waals surface area contributed by atoms with Gasteiger partial charge in [-0.1, -0.05) is 0 Å². The molecule has 0 heterocycles. The van der Waals surface area contributed by atoms with Crippen molar-refractivity contribution in [1.29, 1.82) is 0 Å². The van der Waals surface area contributed by atoms with Crippen LogP contribution < -0.4 is 0 Å². The van der Waals surface area contributed by atoms with Crippen LogP contribution in [-0.4, -0.2) is 4.18 Å². The van der Waals surface area contributed by atoms with E-state index in [1.54, 1.807) is 0 Å². The monoisotopic (exact) mass is 486 g/mol. The SMILES string of the molecule is FC(F)(F)c1ccc(I(c2ccc(C(F)(F)F)cc2)C(F)(F)F)cc1. The quantitative estimate of drug-likeness (QED) is 0.249. The summed E-state index contributed by atoms with van der Waals surface area (Å²) in [5.74, 6) is 0. The molecular weight excluding hydrogens is 478 g/mol. The van der Waals surface area contributed by atoms with Crippen LogP contribution in [0.3, 0.4) is 0 Å². The molecule has 0 atom stereocenters. The zero-order valence-electron chi connectivity index (χ0n) is 11.9. The summed E-state index contributed by atoms with van der Waals surface area (Å²) in [6.45, 7) is 0. The molecule has 0 radical (unpaired) electrons. The molecule has 0 aliphatic heterocycles. The van der Waals surface area contributed by atoms with Crippen LogP contribution in [0, 0.1) is 7.14 Å². The van der Waals surface area contributed by atoms with Gasteiger partial charge in [0.25, 0.3) is 0 Å². The molecule has 25 heavy (non-hydrogen) atoms. The number of hydrogen-bond donors (Lipinski definition) is 0. The molecule has 138 valence electrons. The normalized spacial score (nSPS) is 13.7. The van der Waals surface area contributed by atoms with Gasteiger partial charge >= 0.3 is 143 Å². The van der Waals surface area contributed by atoms with Gasteiger partial charge in [-0.15, -0.1) is 0 Å². The maximum atomic E-state index is 13.4. The summed E-state index contributed by atoms with van der Waals surface area (Å²) in [5.41, 5.74) is -2.19. The van der Waals surface area contributed by atoms with E-state index in [0.717, 1.165) is 24.3 Å². The summed E-state index contributed by atoms with van der Waals surface area (Å²) in [5, 5.41) is 0. The zero-order chi connectivity index (χ0) is 19.0. The van der Waals surface area contributed by atoms with Crippen molar-refractivity contribution in [3.8, 4) is 0 Å². The second-order valence-corrected chi connectivity index (χ2v) is 10.1. The van der Waals surface area contributed by atoms with E-state index in [9.17, 15) is 39.5 Å². The molecule has 0 aliphatic rings. The average molecular weight is 486 g/mol. The number of benzene rings is 2. The van der Waals surface area contributed by atoms with Crippen LogP contribution in [0.2, 0.25) is 0 Å². The van der Waals surface area contributed by atoms with E-state index in [1.807, 2.05) is 0 Å².